The molecule has 5 nitrogen and oxygen atoms in total. The summed E-state index contributed by atoms with van der Waals surface area (Å²) in [6, 6.07) is 6.99. The van der Waals surface area contributed by atoms with E-state index in [0.29, 0.717) is 0 Å². The van der Waals surface area contributed by atoms with Gasteiger partial charge in [0.05, 0.1) is 11.8 Å². The van der Waals surface area contributed by atoms with E-state index in [1.54, 1.807) is 6.33 Å². The van der Waals surface area contributed by atoms with Gasteiger partial charge in [-0.3, -0.25) is 0 Å². The van der Waals surface area contributed by atoms with Crippen molar-refractivity contribution < 1.29 is 4.39 Å². The molecule has 0 bridgehead atoms. The standard InChI is InChI=1S/C17H16FN5/c1-9-4-10(6-11(18)5-9)13-7-12-15-14(20-8-23(15)3)17(19-2)22-16(12)21-13/h4-8H,1-3H3,(H2,19,21,22). The molecule has 0 saturated heterocycles. The van der Waals surface area contributed by atoms with E-state index in [9.17, 15) is 4.39 Å². The second-order valence-electron chi connectivity index (χ2n) is 5.73. The lowest BCUT2D eigenvalue weighted by Crippen LogP contribution is -1.95. The van der Waals surface area contributed by atoms with Gasteiger partial charge in [0, 0.05) is 30.7 Å². The fourth-order valence-corrected chi connectivity index (χ4v) is 3.02. The normalized spacial score (nSPS) is 11.5. The monoisotopic (exact) mass is 309 g/mol. The molecule has 116 valence electrons. The van der Waals surface area contributed by atoms with E-state index in [2.05, 4.69) is 20.3 Å². The summed E-state index contributed by atoms with van der Waals surface area (Å²) in [6.07, 6.45) is 1.77. The number of aromatic amines is 1. The van der Waals surface area contributed by atoms with Crippen LogP contribution in [-0.2, 0) is 7.05 Å². The number of nitrogens with one attached hydrogen (secondary N) is 2. The molecule has 0 radical (unpaired) electrons. The van der Waals surface area contributed by atoms with Gasteiger partial charge in [0.1, 0.15) is 17.0 Å². The van der Waals surface area contributed by atoms with Crippen LogP contribution in [0.3, 0.4) is 0 Å². The van der Waals surface area contributed by atoms with Gasteiger partial charge in [0.25, 0.3) is 0 Å². The number of imidazole rings is 1. The molecular formula is C17H16FN5. The van der Waals surface area contributed by atoms with Crippen LogP contribution in [-0.4, -0.2) is 26.6 Å². The number of anilines is 1. The molecule has 4 rings (SSSR count). The van der Waals surface area contributed by atoms with Crippen molar-refractivity contribution in [1.29, 1.82) is 0 Å². The Morgan fingerprint density at radius 2 is 2.04 bits per heavy atom. The van der Waals surface area contributed by atoms with Gasteiger partial charge in [-0.25, -0.2) is 14.4 Å². The zero-order chi connectivity index (χ0) is 16.1. The highest BCUT2D eigenvalue weighted by atomic mass is 19.1. The summed E-state index contributed by atoms with van der Waals surface area (Å²) in [5, 5.41) is 4.04. The van der Waals surface area contributed by atoms with Gasteiger partial charge in [-0.1, -0.05) is 0 Å². The van der Waals surface area contributed by atoms with Crippen molar-refractivity contribution in [3.8, 4) is 11.3 Å². The number of fused-ring (bicyclic) bond motifs is 3. The van der Waals surface area contributed by atoms with Gasteiger partial charge in [0.2, 0.25) is 0 Å². The number of halogens is 1. The first-order valence-electron chi connectivity index (χ1n) is 7.36. The zero-order valence-electron chi connectivity index (χ0n) is 13.1. The lowest BCUT2D eigenvalue weighted by atomic mass is 10.1. The van der Waals surface area contributed by atoms with Crippen LogP contribution < -0.4 is 5.32 Å². The topological polar surface area (TPSA) is 58.5 Å². The van der Waals surface area contributed by atoms with Crippen LogP contribution in [0.15, 0.2) is 30.6 Å². The maximum absolute atomic E-state index is 13.7. The average molecular weight is 309 g/mol. The third-order valence-electron chi connectivity index (χ3n) is 4.03. The van der Waals surface area contributed by atoms with Crippen LogP contribution in [0.2, 0.25) is 0 Å². The molecule has 4 aromatic rings. The number of hydrogen-bond acceptors (Lipinski definition) is 3. The summed E-state index contributed by atoms with van der Waals surface area (Å²) in [4.78, 5) is 12.3. The molecule has 0 atom stereocenters. The Balaban J connectivity index is 2.04. The van der Waals surface area contributed by atoms with Gasteiger partial charge < -0.3 is 14.9 Å². The summed E-state index contributed by atoms with van der Waals surface area (Å²) in [5.41, 5.74) is 5.10. The predicted molar refractivity (Wildman–Crippen MR) is 90.0 cm³/mol. The molecule has 0 saturated carbocycles. The fraction of sp³-hybridized carbons (Fsp3) is 0.176. The van der Waals surface area contributed by atoms with Gasteiger partial charge in [-0.05, 0) is 36.8 Å². The maximum atomic E-state index is 13.7. The van der Waals surface area contributed by atoms with Gasteiger partial charge >= 0.3 is 0 Å². The Kier molecular flexibility index (Phi) is 2.87. The highest BCUT2D eigenvalue weighted by Gasteiger charge is 2.15. The van der Waals surface area contributed by atoms with E-state index in [4.69, 9.17) is 0 Å². The Hall–Kier alpha value is -2.89. The molecule has 23 heavy (non-hydrogen) atoms. The number of pyridine rings is 1. The van der Waals surface area contributed by atoms with Crippen molar-refractivity contribution in [3.63, 3.8) is 0 Å². The van der Waals surface area contributed by atoms with E-state index in [0.717, 1.165) is 44.7 Å². The predicted octanol–water partition coefficient (Wildman–Crippen LogP) is 3.61. The largest absolute Gasteiger partial charge is 0.371 e. The maximum Gasteiger partial charge on any atom is 0.156 e. The summed E-state index contributed by atoms with van der Waals surface area (Å²) in [5.74, 6) is 0.477. The number of aryl methyl sites for hydroxylation is 2. The number of H-pyrrole nitrogens is 1. The quantitative estimate of drug-likeness (QED) is 0.595. The molecule has 0 aliphatic carbocycles. The lowest BCUT2D eigenvalue weighted by molar-refractivity contribution is 0.627. The number of rotatable bonds is 2. The van der Waals surface area contributed by atoms with E-state index in [-0.39, 0.29) is 5.82 Å². The smallest absolute Gasteiger partial charge is 0.156 e. The van der Waals surface area contributed by atoms with Crippen molar-refractivity contribution >= 4 is 27.9 Å². The number of hydrogen-bond donors (Lipinski definition) is 2. The molecule has 3 aromatic heterocycles. The molecule has 3 heterocycles. The SMILES string of the molecule is CNc1nc2[nH]c(-c3cc(C)cc(F)c3)cc2c2c1ncn2C. The molecule has 0 aliphatic heterocycles. The molecule has 0 aliphatic rings. The molecular weight excluding hydrogens is 293 g/mol. The first kappa shape index (κ1) is 13.8. The Bertz CT molecular complexity index is 1020. The Morgan fingerprint density at radius 1 is 1.22 bits per heavy atom. The van der Waals surface area contributed by atoms with Gasteiger partial charge in [0.15, 0.2) is 5.82 Å². The van der Waals surface area contributed by atoms with Crippen LogP contribution in [0, 0.1) is 12.7 Å². The third-order valence-corrected chi connectivity index (χ3v) is 4.03. The van der Waals surface area contributed by atoms with Crippen molar-refractivity contribution in [2.75, 3.05) is 12.4 Å². The minimum absolute atomic E-state index is 0.242. The molecule has 0 fully saturated rings. The van der Waals surface area contributed by atoms with Crippen molar-refractivity contribution in [1.82, 2.24) is 19.5 Å². The first-order valence-corrected chi connectivity index (χ1v) is 7.36. The van der Waals surface area contributed by atoms with E-state index < -0.39 is 0 Å². The second kappa shape index (κ2) is 4.81. The number of benzene rings is 1. The summed E-state index contributed by atoms with van der Waals surface area (Å²) in [7, 11) is 3.77. The van der Waals surface area contributed by atoms with Gasteiger partial charge in [-0.2, -0.15) is 0 Å². The third kappa shape index (κ3) is 2.06. The minimum atomic E-state index is -0.242. The van der Waals surface area contributed by atoms with E-state index in [1.807, 2.05) is 37.7 Å². The zero-order valence-corrected chi connectivity index (χ0v) is 13.1. The van der Waals surface area contributed by atoms with Crippen molar-refractivity contribution in [3.05, 3.63) is 42.0 Å². The molecule has 1 aromatic carbocycles. The highest BCUT2D eigenvalue weighted by molar-refractivity contribution is 6.07. The molecule has 0 spiro atoms. The molecule has 6 heteroatoms. The van der Waals surface area contributed by atoms with Crippen molar-refractivity contribution in [2.45, 2.75) is 6.92 Å². The minimum Gasteiger partial charge on any atom is -0.371 e. The summed E-state index contributed by atoms with van der Waals surface area (Å²) >= 11 is 0. The van der Waals surface area contributed by atoms with Crippen LogP contribution in [0.4, 0.5) is 10.2 Å². The number of nitrogens with zero attached hydrogens (tertiary/aromatic N) is 3. The van der Waals surface area contributed by atoms with Crippen LogP contribution in [0.25, 0.3) is 33.3 Å². The van der Waals surface area contributed by atoms with Crippen LogP contribution in [0.1, 0.15) is 5.56 Å². The summed E-state index contributed by atoms with van der Waals surface area (Å²) in [6.45, 7) is 1.88. The summed E-state index contributed by atoms with van der Waals surface area (Å²) < 4.78 is 15.7. The van der Waals surface area contributed by atoms with E-state index >= 15 is 0 Å². The first-order chi connectivity index (χ1) is 11.1. The van der Waals surface area contributed by atoms with E-state index in [1.165, 1.54) is 12.1 Å². The molecule has 0 amide bonds. The Labute approximate surface area is 132 Å². The van der Waals surface area contributed by atoms with Crippen LogP contribution >= 0.6 is 0 Å². The van der Waals surface area contributed by atoms with Crippen molar-refractivity contribution in [2.24, 2.45) is 7.05 Å². The fourth-order valence-electron chi connectivity index (χ4n) is 3.02. The van der Waals surface area contributed by atoms with Gasteiger partial charge in [-0.15, -0.1) is 0 Å². The molecule has 0 unspecified atom stereocenters. The Morgan fingerprint density at radius 3 is 2.78 bits per heavy atom. The average Bonchev–Trinajstić information content (AvgIpc) is 3.09. The number of aromatic nitrogens is 4. The van der Waals surface area contributed by atoms with Crippen LogP contribution in [0.5, 0.6) is 0 Å². The lowest BCUT2D eigenvalue weighted by Gasteiger charge is -2.02. The molecule has 2 N–H and O–H groups in total. The highest BCUT2D eigenvalue weighted by Crippen LogP contribution is 2.32. The second-order valence-corrected chi connectivity index (χ2v) is 5.73.